The maximum atomic E-state index is 8.81. The highest BCUT2D eigenvalue weighted by molar-refractivity contribution is 5.43. The Labute approximate surface area is 58.5 Å². The fourth-order valence-corrected chi connectivity index (χ4v) is 0.313. The molecule has 4 heteroatoms. The molecule has 0 aliphatic rings. The molecular weight excluding hydrogens is 132 g/mol. The van der Waals surface area contributed by atoms with E-state index in [0.29, 0.717) is 0 Å². The van der Waals surface area contributed by atoms with Gasteiger partial charge < -0.3 is 0 Å². The predicted octanol–water partition coefficient (Wildman–Crippen LogP) is 0.203. The van der Waals surface area contributed by atoms with Crippen molar-refractivity contribution in [1.29, 1.82) is 0 Å². The van der Waals surface area contributed by atoms with Crippen LogP contribution in [0.3, 0.4) is 0 Å². The molecule has 1 aromatic heterocycles. The van der Waals surface area contributed by atoms with Crippen LogP contribution >= 0.6 is 0 Å². The third-order valence-corrected chi connectivity index (χ3v) is 0.619. The highest BCUT2D eigenvalue weighted by Crippen LogP contribution is 1.73. The molecule has 1 aromatic rings. The molecule has 0 radical (unpaired) electrons. The monoisotopic (exact) mass is 140 g/mol. The van der Waals surface area contributed by atoms with Crippen molar-refractivity contribution in [3.63, 3.8) is 0 Å². The van der Waals surface area contributed by atoms with Gasteiger partial charge in [-0.1, -0.05) is 6.07 Å². The number of hydrogen-bond donors (Lipinski definition) is 2. The van der Waals surface area contributed by atoms with Crippen molar-refractivity contribution in [2.45, 2.75) is 0 Å². The van der Waals surface area contributed by atoms with Gasteiger partial charge in [-0.25, -0.2) is 5.48 Å². The molecule has 0 atom stereocenters. The Bertz CT molecular complexity index is 128. The average molecular weight is 140 g/mol. The Kier molecular flexibility index (Phi) is 6.50. The van der Waals surface area contributed by atoms with E-state index in [2.05, 4.69) is 4.98 Å². The second-order valence-corrected chi connectivity index (χ2v) is 1.27. The molecule has 10 heavy (non-hydrogen) atoms. The van der Waals surface area contributed by atoms with Gasteiger partial charge in [0.1, 0.15) is 0 Å². The number of nitrogens with zero attached hydrogens (tertiary/aromatic N) is 1. The van der Waals surface area contributed by atoms with E-state index in [1.165, 1.54) is 5.48 Å². The molecular formula is C6H8N2O2. The molecule has 0 spiro atoms. The molecule has 0 saturated heterocycles. The van der Waals surface area contributed by atoms with E-state index in [1.807, 2.05) is 18.2 Å². The van der Waals surface area contributed by atoms with Gasteiger partial charge >= 0.3 is 0 Å². The van der Waals surface area contributed by atoms with Gasteiger partial charge in [0, 0.05) is 12.4 Å². The van der Waals surface area contributed by atoms with Gasteiger partial charge in [0.05, 0.1) is 0 Å². The van der Waals surface area contributed by atoms with Gasteiger partial charge in [-0.05, 0) is 12.1 Å². The zero-order chi connectivity index (χ0) is 7.66. The average Bonchev–Trinajstić information content (AvgIpc) is 2.08. The number of nitrogens with one attached hydrogen (secondary N) is 1. The van der Waals surface area contributed by atoms with E-state index in [-0.39, 0.29) is 6.41 Å². The van der Waals surface area contributed by atoms with E-state index in [9.17, 15) is 0 Å². The summed E-state index contributed by atoms with van der Waals surface area (Å²) in [6.07, 6.45) is 3.68. The Morgan fingerprint density at radius 2 is 1.80 bits per heavy atom. The van der Waals surface area contributed by atoms with E-state index in [4.69, 9.17) is 10.0 Å². The second-order valence-electron chi connectivity index (χ2n) is 1.27. The first-order valence-electron chi connectivity index (χ1n) is 2.60. The van der Waals surface area contributed by atoms with Crippen LogP contribution in [0.2, 0.25) is 0 Å². The minimum atomic E-state index is 0.181. The van der Waals surface area contributed by atoms with E-state index >= 15 is 0 Å². The summed E-state index contributed by atoms with van der Waals surface area (Å²) >= 11 is 0. The first kappa shape index (κ1) is 8.58. The molecule has 1 amide bonds. The first-order chi connectivity index (χ1) is 4.91. The lowest BCUT2D eigenvalue weighted by Gasteiger charge is -1.70. The van der Waals surface area contributed by atoms with Crippen molar-refractivity contribution in [1.82, 2.24) is 10.5 Å². The fraction of sp³-hybridized carbons (Fsp3) is 0. The summed E-state index contributed by atoms with van der Waals surface area (Å²) in [5.41, 5.74) is 1.25. The van der Waals surface area contributed by atoms with Gasteiger partial charge in [0.15, 0.2) is 0 Å². The number of aromatic nitrogens is 1. The molecule has 1 heterocycles. The second kappa shape index (κ2) is 7.58. The molecule has 4 nitrogen and oxygen atoms in total. The Morgan fingerprint density at radius 1 is 1.30 bits per heavy atom. The molecule has 0 fully saturated rings. The summed E-state index contributed by atoms with van der Waals surface area (Å²) in [7, 11) is 0. The molecule has 54 valence electrons. The molecule has 0 unspecified atom stereocenters. The third kappa shape index (κ3) is 6.58. The lowest BCUT2D eigenvalue weighted by Crippen LogP contribution is -1.99. The minimum absolute atomic E-state index is 0.181. The molecule has 2 N–H and O–H groups in total. The SMILES string of the molecule is O=CNO.c1ccncc1. The van der Waals surface area contributed by atoms with Crippen LogP contribution in [-0.2, 0) is 4.79 Å². The highest BCUT2D eigenvalue weighted by Gasteiger charge is 1.58. The molecule has 0 aliphatic heterocycles. The Hall–Kier alpha value is -1.42. The number of carbonyl (C=O) groups is 1. The minimum Gasteiger partial charge on any atom is -0.289 e. The van der Waals surface area contributed by atoms with Crippen LogP contribution in [-0.4, -0.2) is 16.6 Å². The Balaban J connectivity index is 0.000000180. The molecule has 0 aromatic carbocycles. The number of pyridine rings is 1. The van der Waals surface area contributed by atoms with E-state index in [1.54, 1.807) is 12.4 Å². The van der Waals surface area contributed by atoms with Crippen LogP contribution in [0, 0.1) is 0 Å². The van der Waals surface area contributed by atoms with Gasteiger partial charge in [0.2, 0.25) is 6.41 Å². The quantitative estimate of drug-likeness (QED) is 0.333. The van der Waals surface area contributed by atoms with Crippen molar-refractivity contribution in [2.24, 2.45) is 0 Å². The lowest BCUT2D eigenvalue weighted by atomic mass is 10.5. The van der Waals surface area contributed by atoms with Crippen molar-refractivity contribution in [3.05, 3.63) is 30.6 Å². The van der Waals surface area contributed by atoms with Crippen molar-refractivity contribution in [3.8, 4) is 0 Å². The van der Waals surface area contributed by atoms with Crippen LogP contribution in [0.4, 0.5) is 0 Å². The van der Waals surface area contributed by atoms with Crippen LogP contribution in [0.5, 0.6) is 0 Å². The van der Waals surface area contributed by atoms with Gasteiger partial charge in [-0.3, -0.25) is 15.0 Å². The van der Waals surface area contributed by atoms with Crippen LogP contribution in [0.1, 0.15) is 0 Å². The zero-order valence-corrected chi connectivity index (χ0v) is 5.27. The van der Waals surface area contributed by atoms with Crippen molar-refractivity contribution < 1.29 is 10.0 Å². The summed E-state index contributed by atoms with van der Waals surface area (Å²) in [4.78, 5) is 12.6. The Morgan fingerprint density at radius 3 is 1.90 bits per heavy atom. The maximum absolute atomic E-state index is 8.81. The topological polar surface area (TPSA) is 62.2 Å². The van der Waals surface area contributed by atoms with Crippen molar-refractivity contribution >= 4 is 6.41 Å². The van der Waals surface area contributed by atoms with E-state index in [0.717, 1.165) is 0 Å². The first-order valence-corrected chi connectivity index (χ1v) is 2.60. The molecule has 1 rings (SSSR count). The number of amides is 1. The predicted molar refractivity (Wildman–Crippen MR) is 35.2 cm³/mol. The number of hydrogen-bond acceptors (Lipinski definition) is 3. The normalized spacial score (nSPS) is 6.90. The maximum Gasteiger partial charge on any atom is 0.230 e. The highest BCUT2D eigenvalue weighted by atomic mass is 16.5. The summed E-state index contributed by atoms with van der Waals surface area (Å²) in [5, 5.41) is 7.26. The standard InChI is InChI=1S/C5H5N.CH3NO2/c1-2-4-6-5-3-1;3-1-2-4/h1-5H;1,4H,(H,2,3). The molecule has 0 aliphatic carbocycles. The van der Waals surface area contributed by atoms with Crippen LogP contribution < -0.4 is 5.48 Å². The fourth-order valence-electron chi connectivity index (χ4n) is 0.313. The van der Waals surface area contributed by atoms with Crippen molar-refractivity contribution in [2.75, 3.05) is 0 Å². The summed E-state index contributed by atoms with van der Waals surface area (Å²) in [6.45, 7) is 0. The third-order valence-electron chi connectivity index (χ3n) is 0.619. The number of carbonyl (C=O) groups excluding carboxylic acids is 1. The van der Waals surface area contributed by atoms with Gasteiger partial charge in [-0.2, -0.15) is 0 Å². The van der Waals surface area contributed by atoms with Crippen LogP contribution in [0.15, 0.2) is 30.6 Å². The van der Waals surface area contributed by atoms with Gasteiger partial charge in [-0.15, -0.1) is 0 Å². The summed E-state index contributed by atoms with van der Waals surface area (Å²) < 4.78 is 0. The van der Waals surface area contributed by atoms with Crippen LogP contribution in [0.25, 0.3) is 0 Å². The largest absolute Gasteiger partial charge is 0.289 e. The zero-order valence-electron chi connectivity index (χ0n) is 5.27. The van der Waals surface area contributed by atoms with E-state index < -0.39 is 0 Å². The molecule has 0 bridgehead atoms. The summed E-state index contributed by atoms with van der Waals surface area (Å²) in [5.74, 6) is 0. The lowest BCUT2D eigenvalue weighted by molar-refractivity contribution is -0.116. The summed E-state index contributed by atoms with van der Waals surface area (Å²) in [6, 6.07) is 5.72. The van der Waals surface area contributed by atoms with Gasteiger partial charge in [0.25, 0.3) is 0 Å². The number of hydroxylamine groups is 1. The smallest absolute Gasteiger partial charge is 0.230 e. The molecule has 0 saturated carbocycles. The number of rotatable bonds is 1.